The van der Waals surface area contributed by atoms with Crippen molar-refractivity contribution in [3.8, 4) is 5.75 Å². The zero-order valence-electron chi connectivity index (χ0n) is 15.0. The summed E-state index contributed by atoms with van der Waals surface area (Å²) >= 11 is 0. The van der Waals surface area contributed by atoms with E-state index in [0.29, 0.717) is 24.3 Å². The summed E-state index contributed by atoms with van der Waals surface area (Å²) in [6.07, 6.45) is 2.00. The summed E-state index contributed by atoms with van der Waals surface area (Å²) in [7, 11) is 0. The molecule has 0 aliphatic carbocycles. The van der Waals surface area contributed by atoms with Crippen LogP contribution >= 0.6 is 0 Å². The van der Waals surface area contributed by atoms with E-state index in [1.54, 1.807) is 26.0 Å². The molecule has 2 fully saturated rings. The molecule has 2 N–H and O–H groups in total. The van der Waals surface area contributed by atoms with Gasteiger partial charge in [0.05, 0.1) is 12.6 Å². The van der Waals surface area contributed by atoms with Crippen LogP contribution in [-0.2, 0) is 4.79 Å². The van der Waals surface area contributed by atoms with Gasteiger partial charge in [-0.05, 0) is 51.0 Å². The van der Waals surface area contributed by atoms with Crippen LogP contribution in [-0.4, -0.2) is 65.9 Å². The average Bonchev–Trinajstić information content (AvgIpc) is 3.18. The van der Waals surface area contributed by atoms with Gasteiger partial charge in [0.2, 0.25) is 5.91 Å². The van der Waals surface area contributed by atoms with Crippen LogP contribution in [0.1, 0.15) is 37.0 Å². The highest BCUT2D eigenvalue weighted by Gasteiger charge is 2.45. The van der Waals surface area contributed by atoms with Gasteiger partial charge in [-0.3, -0.25) is 14.5 Å². The molecule has 1 aromatic rings. The minimum absolute atomic E-state index is 0.0622. The third-order valence-corrected chi connectivity index (χ3v) is 5.15. The first kappa shape index (κ1) is 17.9. The number of carbonyl (C=O) groups excluding carboxylic acids is 2. The molecule has 1 amide bonds. The van der Waals surface area contributed by atoms with Crippen LogP contribution < -0.4 is 10.5 Å². The van der Waals surface area contributed by atoms with E-state index >= 15 is 0 Å². The van der Waals surface area contributed by atoms with E-state index in [0.717, 1.165) is 38.2 Å². The summed E-state index contributed by atoms with van der Waals surface area (Å²) in [4.78, 5) is 27.7. The molecule has 25 heavy (non-hydrogen) atoms. The first-order valence-electron chi connectivity index (χ1n) is 8.99. The van der Waals surface area contributed by atoms with Crippen LogP contribution in [0.25, 0.3) is 0 Å². The Labute approximate surface area is 148 Å². The van der Waals surface area contributed by atoms with Crippen molar-refractivity contribution in [1.82, 2.24) is 9.80 Å². The van der Waals surface area contributed by atoms with Crippen molar-refractivity contribution in [3.63, 3.8) is 0 Å². The highest BCUT2D eigenvalue weighted by molar-refractivity contribution is 5.94. The number of hydrogen-bond acceptors (Lipinski definition) is 5. The highest BCUT2D eigenvalue weighted by Crippen LogP contribution is 2.31. The third-order valence-electron chi connectivity index (χ3n) is 5.15. The maximum absolute atomic E-state index is 12.1. The summed E-state index contributed by atoms with van der Waals surface area (Å²) in [6.45, 7) is 6.69. The van der Waals surface area contributed by atoms with Gasteiger partial charge in [0.25, 0.3) is 0 Å². The van der Waals surface area contributed by atoms with Crippen molar-refractivity contribution in [2.75, 3.05) is 26.2 Å². The molecule has 0 unspecified atom stereocenters. The number of hydrogen-bond donors (Lipinski definition) is 1. The van der Waals surface area contributed by atoms with Crippen LogP contribution in [0.2, 0.25) is 0 Å². The van der Waals surface area contributed by atoms with Gasteiger partial charge in [-0.2, -0.15) is 0 Å². The quantitative estimate of drug-likeness (QED) is 0.595. The second-order valence-corrected chi connectivity index (χ2v) is 7.10. The Morgan fingerprint density at radius 3 is 2.52 bits per heavy atom. The second kappa shape index (κ2) is 7.54. The SMILES string of the molecule is CC(=O)c1ccc(OCCCN2C[C@H]3C[C@@H]2CN3C(=O)[C@@H](C)N)cc1. The number of ether oxygens (including phenoxy) is 1. The zero-order chi connectivity index (χ0) is 18.0. The predicted octanol–water partition coefficient (Wildman–Crippen LogP) is 1.29. The van der Waals surface area contributed by atoms with E-state index in [1.165, 1.54) is 0 Å². The number of carbonyl (C=O) groups is 2. The predicted molar refractivity (Wildman–Crippen MR) is 95.7 cm³/mol. The molecule has 2 heterocycles. The van der Waals surface area contributed by atoms with Gasteiger partial charge in [-0.15, -0.1) is 0 Å². The Kier molecular flexibility index (Phi) is 5.39. The fourth-order valence-electron chi connectivity index (χ4n) is 3.80. The van der Waals surface area contributed by atoms with Gasteiger partial charge in [-0.25, -0.2) is 0 Å². The van der Waals surface area contributed by atoms with Crippen molar-refractivity contribution in [2.45, 2.75) is 44.8 Å². The molecule has 3 rings (SSSR count). The molecule has 2 aliphatic heterocycles. The van der Waals surface area contributed by atoms with Crippen molar-refractivity contribution in [2.24, 2.45) is 5.73 Å². The van der Waals surface area contributed by atoms with Gasteiger partial charge in [-0.1, -0.05) is 0 Å². The molecule has 2 bridgehead atoms. The maximum atomic E-state index is 12.1. The molecule has 1 aromatic carbocycles. The Bertz CT molecular complexity index is 629. The monoisotopic (exact) mass is 345 g/mol. The number of benzene rings is 1. The largest absolute Gasteiger partial charge is 0.494 e. The normalized spacial score (nSPS) is 23.7. The summed E-state index contributed by atoms with van der Waals surface area (Å²) in [5.74, 6) is 0.929. The summed E-state index contributed by atoms with van der Waals surface area (Å²) < 4.78 is 5.75. The summed E-state index contributed by atoms with van der Waals surface area (Å²) in [5, 5.41) is 0. The number of amides is 1. The molecule has 2 saturated heterocycles. The van der Waals surface area contributed by atoms with Crippen LogP contribution in [0.5, 0.6) is 5.75 Å². The van der Waals surface area contributed by atoms with Gasteiger partial charge >= 0.3 is 0 Å². The van der Waals surface area contributed by atoms with Gasteiger partial charge < -0.3 is 15.4 Å². The minimum Gasteiger partial charge on any atom is -0.494 e. The van der Waals surface area contributed by atoms with E-state index < -0.39 is 6.04 Å². The summed E-state index contributed by atoms with van der Waals surface area (Å²) in [6, 6.07) is 7.64. The standard InChI is InChI=1S/C19H27N3O3/c1-13(20)19(24)22-12-16-10-17(22)11-21(16)8-3-9-25-18-6-4-15(5-7-18)14(2)23/h4-7,13,16-17H,3,8-12,20H2,1-2H3/t13-,16-,17-/m1/s1. The van der Waals surface area contributed by atoms with E-state index in [2.05, 4.69) is 4.90 Å². The lowest BCUT2D eigenvalue weighted by Gasteiger charge is -2.35. The van der Waals surface area contributed by atoms with Crippen LogP contribution in [0.15, 0.2) is 24.3 Å². The first-order valence-corrected chi connectivity index (χ1v) is 8.99. The lowest BCUT2D eigenvalue weighted by atomic mass is 10.1. The topological polar surface area (TPSA) is 75.9 Å². The van der Waals surface area contributed by atoms with Crippen LogP contribution in [0, 0.1) is 0 Å². The molecular formula is C19H27N3O3. The van der Waals surface area contributed by atoms with Crippen LogP contribution in [0.4, 0.5) is 0 Å². The first-order chi connectivity index (χ1) is 12.0. The van der Waals surface area contributed by atoms with E-state index in [-0.39, 0.29) is 11.7 Å². The van der Waals surface area contributed by atoms with E-state index in [1.807, 2.05) is 17.0 Å². The molecule has 6 nitrogen and oxygen atoms in total. The molecule has 0 aromatic heterocycles. The minimum atomic E-state index is -0.407. The van der Waals surface area contributed by atoms with Crippen molar-refractivity contribution in [1.29, 1.82) is 0 Å². The number of nitrogens with zero attached hydrogens (tertiary/aromatic N) is 2. The molecule has 3 atom stereocenters. The number of likely N-dealkylation sites (tertiary alicyclic amines) is 2. The summed E-state index contributed by atoms with van der Waals surface area (Å²) in [5.41, 5.74) is 6.42. The lowest BCUT2D eigenvalue weighted by Crippen LogP contribution is -2.52. The third kappa shape index (κ3) is 4.02. The van der Waals surface area contributed by atoms with Crippen LogP contribution in [0.3, 0.4) is 0 Å². The molecule has 136 valence electrons. The van der Waals surface area contributed by atoms with Crippen molar-refractivity contribution >= 4 is 11.7 Å². The second-order valence-electron chi connectivity index (χ2n) is 7.10. The van der Waals surface area contributed by atoms with E-state index in [4.69, 9.17) is 10.5 Å². The van der Waals surface area contributed by atoms with Crippen molar-refractivity contribution < 1.29 is 14.3 Å². The highest BCUT2D eigenvalue weighted by atomic mass is 16.5. The van der Waals surface area contributed by atoms with Gasteiger partial charge in [0.1, 0.15) is 5.75 Å². The number of ketones is 1. The molecule has 2 aliphatic rings. The van der Waals surface area contributed by atoms with Crippen molar-refractivity contribution in [3.05, 3.63) is 29.8 Å². The molecule has 0 saturated carbocycles. The number of nitrogens with two attached hydrogens (primary N) is 1. The Morgan fingerprint density at radius 2 is 1.96 bits per heavy atom. The Balaban J connectivity index is 1.38. The lowest BCUT2D eigenvalue weighted by molar-refractivity contribution is -0.134. The molecule has 6 heteroatoms. The number of fused-ring (bicyclic) bond motifs is 2. The fraction of sp³-hybridized carbons (Fsp3) is 0.579. The average molecular weight is 345 g/mol. The number of rotatable bonds is 7. The smallest absolute Gasteiger partial charge is 0.239 e. The Morgan fingerprint density at radius 1 is 1.24 bits per heavy atom. The maximum Gasteiger partial charge on any atom is 0.239 e. The molecular weight excluding hydrogens is 318 g/mol. The molecule has 0 radical (unpaired) electrons. The van der Waals surface area contributed by atoms with E-state index in [9.17, 15) is 9.59 Å². The van der Waals surface area contributed by atoms with Gasteiger partial charge in [0.15, 0.2) is 5.78 Å². The Hall–Kier alpha value is -1.92. The number of Topliss-reactive ketones (excluding diaryl/α,β-unsaturated/α-hetero) is 1. The zero-order valence-corrected chi connectivity index (χ0v) is 15.0. The fourth-order valence-corrected chi connectivity index (χ4v) is 3.80. The number of piperazine rings is 1. The molecule has 0 spiro atoms. The van der Waals surface area contributed by atoms with Gasteiger partial charge in [0, 0.05) is 37.3 Å².